The minimum Gasteiger partial charge on any atom is -0.368 e. The molecule has 2 aliphatic rings. The number of nitrogens with one attached hydrogen (secondary N) is 1. The first-order valence-corrected chi connectivity index (χ1v) is 10.1. The van der Waals surface area contributed by atoms with Gasteiger partial charge in [-0.3, -0.25) is 0 Å². The van der Waals surface area contributed by atoms with Crippen molar-refractivity contribution in [3.8, 4) is 0 Å². The van der Waals surface area contributed by atoms with Crippen molar-refractivity contribution < 1.29 is 22.0 Å². The van der Waals surface area contributed by atoms with E-state index in [0.717, 1.165) is 23.9 Å². The van der Waals surface area contributed by atoms with Gasteiger partial charge in [-0.2, -0.15) is 18.3 Å². The molecule has 0 spiro atoms. The number of aromatic nitrogens is 6. The Kier molecular flexibility index (Phi) is 5.05. The first-order valence-electron chi connectivity index (χ1n) is 10.1. The predicted octanol–water partition coefficient (Wildman–Crippen LogP) is 3.23. The summed E-state index contributed by atoms with van der Waals surface area (Å²) >= 11 is 0. The number of anilines is 2. The summed E-state index contributed by atoms with van der Waals surface area (Å²) in [6.45, 7) is 0.421. The van der Waals surface area contributed by atoms with Crippen molar-refractivity contribution in [3.05, 3.63) is 30.6 Å². The van der Waals surface area contributed by atoms with E-state index in [4.69, 9.17) is 0 Å². The zero-order valence-corrected chi connectivity index (χ0v) is 16.7. The highest BCUT2D eigenvalue weighted by Gasteiger charge is 2.44. The number of hydrogen-bond donors (Lipinski definition) is 1. The third kappa shape index (κ3) is 3.91. The van der Waals surface area contributed by atoms with Crippen LogP contribution in [0.3, 0.4) is 0 Å². The van der Waals surface area contributed by atoms with Crippen LogP contribution in [-0.4, -0.2) is 55.3 Å². The Labute approximate surface area is 178 Å². The number of nitrogens with zero attached hydrogens (tertiary/aromatic N) is 7. The van der Waals surface area contributed by atoms with Crippen LogP contribution in [0.2, 0.25) is 0 Å². The van der Waals surface area contributed by atoms with Crippen LogP contribution in [0, 0.1) is 11.8 Å². The molecule has 1 saturated carbocycles. The van der Waals surface area contributed by atoms with Gasteiger partial charge in [0.25, 0.3) is 6.43 Å². The molecular formula is C19H19F5N8. The van der Waals surface area contributed by atoms with E-state index in [0.29, 0.717) is 24.4 Å². The summed E-state index contributed by atoms with van der Waals surface area (Å²) in [6, 6.07) is 0.0690. The molecule has 0 bridgehead atoms. The minimum absolute atomic E-state index is 0.0162. The highest BCUT2D eigenvalue weighted by Crippen LogP contribution is 2.43. The molecule has 0 unspecified atom stereocenters. The van der Waals surface area contributed by atoms with Crippen molar-refractivity contribution in [1.29, 1.82) is 0 Å². The Hall–Kier alpha value is -3.12. The lowest BCUT2D eigenvalue weighted by Crippen LogP contribution is -2.27. The molecule has 1 aliphatic heterocycles. The van der Waals surface area contributed by atoms with Gasteiger partial charge in [-0.05, 0) is 24.7 Å². The molecule has 1 aliphatic carbocycles. The normalized spacial score (nSPS) is 23.3. The quantitative estimate of drug-likeness (QED) is 0.593. The van der Waals surface area contributed by atoms with Crippen LogP contribution >= 0.6 is 0 Å². The van der Waals surface area contributed by atoms with Crippen LogP contribution < -0.4 is 10.2 Å². The van der Waals surface area contributed by atoms with Crippen molar-refractivity contribution >= 4 is 22.7 Å². The largest absolute Gasteiger partial charge is 0.435 e. The zero-order valence-electron chi connectivity index (χ0n) is 16.7. The molecule has 4 heterocycles. The van der Waals surface area contributed by atoms with Gasteiger partial charge in [0.05, 0.1) is 24.3 Å². The Morgan fingerprint density at radius 2 is 1.81 bits per heavy atom. The third-order valence-corrected chi connectivity index (χ3v) is 6.06. The van der Waals surface area contributed by atoms with Gasteiger partial charge in [0.15, 0.2) is 11.3 Å². The van der Waals surface area contributed by atoms with Crippen LogP contribution in [-0.2, 0) is 12.7 Å². The number of alkyl halides is 5. The molecule has 3 aromatic heterocycles. The Morgan fingerprint density at radius 1 is 1.06 bits per heavy atom. The summed E-state index contributed by atoms with van der Waals surface area (Å²) in [7, 11) is 0. The average molecular weight is 454 g/mol. The van der Waals surface area contributed by atoms with Crippen molar-refractivity contribution in [1.82, 2.24) is 29.7 Å². The molecule has 0 radical (unpaired) electrons. The van der Waals surface area contributed by atoms with E-state index in [1.165, 1.54) is 18.6 Å². The summed E-state index contributed by atoms with van der Waals surface area (Å²) < 4.78 is 66.5. The molecule has 5 rings (SSSR count). The van der Waals surface area contributed by atoms with Gasteiger partial charge in [0, 0.05) is 19.1 Å². The van der Waals surface area contributed by atoms with Gasteiger partial charge in [-0.25, -0.2) is 33.4 Å². The van der Waals surface area contributed by atoms with Crippen LogP contribution in [0.25, 0.3) is 11.2 Å². The molecule has 2 fully saturated rings. The topological polar surface area (TPSA) is 84.7 Å². The first-order chi connectivity index (χ1) is 15.3. The van der Waals surface area contributed by atoms with E-state index in [1.807, 2.05) is 0 Å². The molecule has 1 N–H and O–H groups in total. The number of halogens is 5. The maximum absolute atomic E-state index is 13.3. The second kappa shape index (κ2) is 7.78. The van der Waals surface area contributed by atoms with Gasteiger partial charge in [-0.15, -0.1) is 0 Å². The van der Waals surface area contributed by atoms with E-state index >= 15 is 0 Å². The number of hydrogen-bond acceptors (Lipinski definition) is 7. The van der Waals surface area contributed by atoms with Crippen LogP contribution in [0.5, 0.6) is 0 Å². The van der Waals surface area contributed by atoms with Crippen molar-refractivity contribution in [2.45, 2.75) is 38.0 Å². The maximum atomic E-state index is 13.3. The standard InChI is InChI=1S/C19H19F5N8/c20-15(21)8-32-18-13(3-28-32)26-5-16(30-18)29-12-1-10-6-31(7-11(10)2-12)14-4-25-9-27-17(14)19(22,23)24/h3-5,9-12,15H,1-2,6-8H2,(H,29,30)/t10-,11+,12+. The molecular weight excluding hydrogens is 435 g/mol. The molecule has 8 nitrogen and oxygen atoms in total. The SMILES string of the molecule is FC(F)Cn1ncc2ncc(N[C@H]3C[C@@H]4CN(c5cncnc5C(F)(F)F)C[C@@H]4C3)nc21. The highest BCUT2D eigenvalue weighted by molar-refractivity contribution is 5.71. The lowest BCUT2D eigenvalue weighted by Gasteiger charge is -2.23. The van der Waals surface area contributed by atoms with Gasteiger partial charge in [0.2, 0.25) is 0 Å². The molecule has 3 aromatic rings. The molecule has 0 amide bonds. The number of fused-ring (bicyclic) bond motifs is 2. The molecule has 1 saturated heterocycles. The van der Waals surface area contributed by atoms with Gasteiger partial charge >= 0.3 is 6.18 Å². The molecule has 170 valence electrons. The smallest absolute Gasteiger partial charge is 0.368 e. The van der Waals surface area contributed by atoms with Crippen molar-refractivity contribution in [2.24, 2.45) is 11.8 Å². The fraction of sp³-hybridized carbons (Fsp3) is 0.526. The average Bonchev–Trinajstić information content (AvgIpc) is 3.41. The summed E-state index contributed by atoms with van der Waals surface area (Å²) in [6.07, 6.45) is -0.512. The molecule has 13 heteroatoms. The van der Waals surface area contributed by atoms with Crippen molar-refractivity contribution in [2.75, 3.05) is 23.3 Å². The van der Waals surface area contributed by atoms with E-state index in [-0.39, 0.29) is 29.2 Å². The monoisotopic (exact) mass is 454 g/mol. The Morgan fingerprint density at radius 3 is 2.50 bits per heavy atom. The van der Waals surface area contributed by atoms with Crippen LogP contribution in [0.4, 0.5) is 33.5 Å². The van der Waals surface area contributed by atoms with Crippen LogP contribution in [0.15, 0.2) is 24.9 Å². The van der Waals surface area contributed by atoms with E-state index in [9.17, 15) is 22.0 Å². The molecule has 3 atom stereocenters. The minimum atomic E-state index is -4.53. The summed E-state index contributed by atoms with van der Waals surface area (Å²) in [5.74, 6) is 0.899. The van der Waals surface area contributed by atoms with Gasteiger partial charge < -0.3 is 10.2 Å². The maximum Gasteiger partial charge on any atom is 0.435 e. The second-order valence-corrected chi connectivity index (χ2v) is 8.17. The zero-order chi connectivity index (χ0) is 22.5. The van der Waals surface area contributed by atoms with E-state index in [1.54, 1.807) is 4.90 Å². The van der Waals surface area contributed by atoms with Gasteiger partial charge in [-0.1, -0.05) is 0 Å². The first kappa shape index (κ1) is 20.8. The summed E-state index contributed by atoms with van der Waals surface area (Å²) in [4.78, 5) is 17.6. The van der Waals surface area contributed by atoms with Crippen LogP contribution in [0.1, 0.15) is 18.5 Å². The predicted molar refractivity (Wildman–Crippen MR) is 104 cm³/mol. The highest BCUT2D eigenvalue weighted by atomic mass is 19.4. The van der Waals surface area contributed by atoms with Gasteiger partial charge in [0.1, 0.15) is 24.2 Å². The molecule has 0 aromatic carbocycles. The fourth-order valence-corrected chi connectivity index (χ4v) is 4.78. The third-order valence-electron chi connectivity index (χ3n) is 6.06. The molecule has 32 heavy (non-hydrogen) atoms. The van der Waals surface area contributed by atoms with E-state index < -0.39 is 24.8 Å². The Bertz CT molecular complexity index is 1100. The summed E-state index contributed by atoms with van der Waals surface area (Å²) in [5.41, 5.74) is -0.183. The number of rotatable bonds is 5. The lowest BCUT2D eigenvalue weighted by atomic mass is 10.0. The lowest BCUT2D eigenvalue weighted by molar-refractivity contribution is -0.140. The fourth-order valence-electron chi connectivity index (χ4n) is 4.78. The summed E-state index contributed by atoms with van der Waals surface area (Å²) in [5, 5.41) is 7.20. The second-order valence-electron chi connectivity index (χ2n) is 8.17. The Balaban J connectivity index is 1.26. The van der Waals surface area contributed by atoms with Crippen molar-refractivity contribution in [3.63, 3.8) is 0 Å². The van der Waals surface area contributed by atoms with E-state index in [2.05, 4.69) is 30.4 Å².